The van der Waals surface area contributed by atoms with Crippen molar-refractivity contribution in [3.63, 3.8) is 0 Å². The van der Waals surface area contributed by atoms with Crippen LogP contribution in [0.5, 0.6) is 0 Å². The largest absolute Gasteiger partial charge is 0.350 e. The summed E-state index contributed by atoms with van der Waals surface area (Å²) in [7, 11) is 0. The fourth-order valence-corrected chi connectivity index (χ4v) is 1.06. The maximum atomic E-state index is 11.0. The number of carbonyl (C=O) groups excluding carboxylic acids is 2. The van der Waals surface area contributed by atoms with E-state index in [1.807, 2.05) is 0 Å². The molecule has 0 spiro atoms. The third-order valence-corrected chi connectivity index (χ3v) is 1.76. The molecule has 72 valence electrons. The summed E-state index contributed by atoms with van der Waals surface area (Å²) >= 11 is 0. The van der Waals surface area contributed by atoms with Crippen molar-refractivity contribution in [3.8, 4) is 0 Å². The molecule has 0 bridgehead atoms. The first-order valence-electron chi connectivity index (χ1n) is 4.17. The molecular weight excluding hydrogens is 172 g/mol. The second kappa shape index (κ2) is 4.89. The number of Topliss-reactive ketones (excluding diaryl/α,β-unsaturated/α-hetero) is 1. The number of hydrogen-bond donors (Lipinski definition) is 0. The lowest BCUT2D eigenvalue weighted by molar-refractivity contribution is -0.135. The molecule has 1 rings (SSSR count). The summed E-state index contributed by atoms with van der Waals surface area (Å²) in [5.41, 5.74) is 0. The van der Waals surface area contributed by atoms with E-state index in [9.17, 15) is 9.59 Å². The zero-order valence-corrected chi connectivity index (χ0v) is 7.32. The Morgan fingerprint density at radius 1 is 1.38 bits per heavy atom. The molecule has 13 heavy (non-hydrogen) atoms. The first-order chi connectivity index (χ1) is 6.24. The van der Waals surface area contributed by atoms with Crippen molar-refractivity contribution in [2.75, 3.05) is 13.2 Å². The number of ether oxygens (including phenoxy) is 2. The minimum absolute atomic E-state index is 0.162. The van der Waals surface area contributed by atoms with Crippen LogP contribution in [0.2, 0.25) is 0 Å². The number of carbonyl (C=O) groups is 2. The standard InChI is InChI=1S/C9H12O4/c1-2-7(10)8(11)3-4-9-12-5-6-13-9/h2,9H,1,3-6H2. The normalized spacial score (nSPS) is 17.2. The van der Waals surface area contributed by atoms with Crippen molar-refractivity contribution >= 4 is 11.6 Å². The molecule has 4 heteroatoms. The lowest BCUT2D eigenvalue weighted by Gasteiger charge is -2.06. The van der Waals surface area contributed by atoms with E-state index in [1.165, 1.54) is 0 Å². The van der Waals surface area contributed by atoms with Crippen LogP contribution in [-0.2, 0) is 19.1 Å². The molecule has 0 aromatic rings. The number of rotatable bonds is 5. The van der Waals surface area contributed by atoms with E-state index < -0.39 is 11.6 Å². The monoisotopic (exact) mass is 184 g/mol. The molecule has 0 N–H and O–H groups in total. The summed E-state index contributed by atoms with van der Waals surface area (Å²) in [6.07, 6.45) is 1.31. The Kier molecular flexibility index (Phi) is 3.79. The van der Waals surface area contributed by atoms with E-state index in [-0.39, 0.29) is 12.7 Å². The van der Waals surface area contributed by atoms with Gasteiger partial charge in [-0.05, 0) is 6.08 Å². The quantitative estimate of drug-likeness (QED) is 0.460. The molecular formula is C9H12O4. The van der Waals surface area contributed by atoms with Gasteiger partial charge in [-0.1, -0.05) is 6.58 Å². The third kappa shape index (κ3) is 3.08. The Morgan fingerprint density at radius 2 is 2.00 bits per heavy atom. The topological polar surface area (TPSA) is 52.6 Å². The lowest BCUT2D eigenvalue weighted by atomic mass is 10.1. The van der Waals surface area contributed by atoms with Crippen molar-refractivity contribution in [2.24, 2.45) is 0 Å². The number of ketones is 2. The summed E-state index contributed by atoms with van der Waals surface area (Å²) in [5, 5.41) is 0. The van der Waals surface area contributed by atoms with Crippen LogP contribution >= 0.6 is 0 Å². The maximum Gasteiger partial charge on any atom is 0.220 e. The van der Waals surface area contributed by atoms with Crippen molar-refractivity contribution in [1.29, 1.82) is 0 Å². The Morgan fingerprint density at radius 3 is 2.54 bits per heavy atom. The fourth-order valence-electron chi connectivity index (χ4n) is 1.06. The molecule has 1 heterocycles. The molecule has 0 atom stereocenters. The second-order valence-corrected chi connectivity index (χ2v) is 2.70. The third-order valence-electron chi connectivity index (χ3n) is 1.76. The van der Waals surface area contributed by atoms with E-state index in [4.69, 9.17) is 9.47 Å². The van der Waals surface area contributed by atoms with Crippen LogP contribution in [0.15, 0.2) is 12.7 Å². The average molecular weight is 184 g/mol. The molecule has 0 aliphatic carbocycles. The molecule has 0 aromatic carbocycles. The first-order valence-corrected chi connectivity index (χ1v) is 4.17. The van der Waals surface area contributed by atoms with Crippen molar-refractivity contribution in [2.45, 2.75) is 19.1 Å². The van der Waals surface area contributed by atoms with Crippen LogP contribution in [0.3, 0.4) is 0 Å². The van der Waals surface area contributed by atoms with Crippen LogP contribution in [0.25, 0.3) is 0 Å². The van der Waals surface area contributed by atoms with Gasteiger partial charge >= 0.3 is 0 Å². The Balaban J connectivity index is 2.21. The van der Waals surface area contributed by atoms with E-state index in [0.29, 0.717) is 19.6 Å². The van der Waals surface area contributed by atoms with Gasteiger partial charge in [0.15, 0.2) is 6.29 Å². The minimum Gasteiger partial charge on any atom is -0.350 e. The van der Waals surface area contributed by atoms with Crippen molar-refractivity contribution < 1.29 is 19.1 Å². The molecule has 1 saturated heterocycles. The van der Waals surface area contributed by atoms with Gasteiger partial charge in [0.05, 0.1) is 13.2 Å². The van der Waals surface area contributed by atoms with E-state index in [1.54, 1.807) is 0 Å². The van der Waals surface area contributed by atoms with Gasteiger partial charge in [0.2, 0.25) is 11.6 Å². The van der Waals surface area contributed by atoms with Crippen molar-refractivity contribution in [1.82, 2.24) is 0 Å². The molecule has 4 nitrogen and oxygen atoms in total. The predicted octanol–water partition coefficient (Wildman–Crippen LogP) is 0.464. The van der Waals surface area contributed by atoms with Gasteiger partial charge in [-0.3, -0.25) is 9.59 Å². The van der Waals surface area contributed by atoms with Gasteiger partial charge in [-0.25, -0.2) is 0 Å². The Hall–Kier alpha value is -1.00. The fraction of sp³-hybridized carbons (Fsp3) is 0.556. The summed E-state index contributed by atoms with van der Waals surface area (Å²) in [6.45, 7) is 4.36. The summed E-state index contributed by atoms with van der Waals surface area (Å²) in [4.78, 5) is 21.8. The summed E-state index contributed by atoms with van der Waals surface area (Å²) < 4.78 is 10.2. The summed E-state index contributed by atoms with van der Waals surface area (Å²) in [6, 6.07) is 0. The SMILES string of the molecule is C=CC(=O)C(=O)CCC1OCCO1. The smallest absolute Gasteiger partial charge is 0.220 e. The minimum atomic E-state index is -0.544. The molecule has 1 aliphatic heterocycles. The van der Waals surface area contributed by atoms with Gasteiger partial charge in [0.25, 0.3) is 0 Å². The van der Waals surface area contributed by atoms with Crippen LogP contribution in [0.1, 0.15) is 12.8 Å². The molecule has 0 unspecified atom stereocenters. The number of allylic oxidation sites excluding steroid dienone is 1. The van der Waals surface area contributed by atoms with E-state index in [2.05, 4.69) is 6.58 Å². The van der Waals surface area contributed by atoms with Gasteiger partial charge in [0.1, 0.15) is 0 Å². The highest BCUT2D eigenvalue weighted by molar-refractivity contribution is 6.41. The van der Waals surface area contributed by atoms with E-state index >= 15 is 0 Å². The predicted molar refractivity (Wildman–Crippen MR) is 45.1 cm³/mol. The molecule has 1 aliphatic rings. The molecule has 0 radical (unpaired) electrons. The zero-order valence-electron chi connectivity index (χ0n) is 7.32. The van der Waals surface area contributed by atoms with Gasteiger partial charge in [-0.15, -0.1) is 0 Å². The van der Waals surface area contributed by atoms with Crippen molar-refractivity contribution in [3.05, 3.63) is 12.7 Å². The highest BCUT2D eigenvalue weighted by Crippen LogP contribution is 2.10. The average Bonchev–Trinajstić information content (AvgIpc) is 2.65. The molecule has 0 aromatic heterocycles. The zero-order chi connectivity index (χ0) is 9.68. The second-order valence-electron chi connectivity index (χ2n) is 2.70. The highest BCUT2D eigenvalue weighted by Gasteiger charge is 2.18. The molecule has 0 amide bonds. The van der Waals surface area contributed by atoms with E-state index in [0.717, 1.165) is 6.08 Å². The maximum absolute atomic E-state index is 11.0. The van der Waals surface area contributed by atoms with Crippen LogP contribution < -0.4 is 0 Å². The van der Waals surface area contributed by atoms with Gasteiger partial charge < -0.3 is 9.47 Å². The van der Waals surface area contributed by atoms with Gasteiger partial charge in [-0.2, -0.15) is 0 Å². The molecule has 0 saturated carbocycles. The Labute approximate surface area is 76.5 Å². The highest BCUT2D eigenvalue weighted by atomic mass is 16.7. The van der Waals surface area contributed by atoms with Crippen LogP contribution in [0, 0.1) is 0 Å². The molecule has 1 fully saturated rings. The number of hydrogen-bond acceptors (Lipinski definition) is 4. The first kappa shape index (κ1) is 10.1. The lowest BCUT2D eigenvalue weighted by Crippen LogP contribution is -2.15. The van der Waals surface area contributed by atoms with Crippen LogP contribution in [0.4, 0.5) is 0 Å². The summed E-state index contributed by atoms with van der Waals surface area (Å²) in [5.74, 6) is -0.980. The Bertz CT molecular complexity index is 216. The van der Waals surface area contributed by atoms with Gasteiger partial charge in [0, 0.05) is 12.8 Å². The van der Waals surface area contributed by atoms with Crippen LogP contribution in [-0.4, -0.2) is 31.1 Å².